The highest BCUT2D eigenvalue weighted by Gasteiger charge is 2.58. The van der Waals surface area contributed by atoms with Crippen molar-refractivity contribution in [2.24, 2.45) is 0 Å². The van der Waals surface area contributed by atoms with Crippen LogP contribution in [0.25, 0.3) is 0 Å². The van der Waals surface area contributed by atoms with Gasteiger partial charge < -0.3 is 0 Å². The van der Waals surface area contributed by atoms with Gasteiger partial charge in [-0.3, -0.25) is 0 Å². The van der Waals surface area contributed by atoms with E-state index in [-0.39, 0.29) is 8.37 Å². The molecule has 4 heterocycles. The van der Waals surface area contributed by atoms with Crippen LogP contribution in [-0.2, 0) is 0 Å². The molecular formula is C7H18N6P+. The average Bonchev–Trinajstić information content (AvgIpc) is 2.12. The molecule has 4 aliphatic rings. The minimum absolute atomic E-state index is 0.320. The van der Waals surface area contributed by atoms with Crippen LogP contribution in [0.1, 0.15) is 0 Å². The molecule has 7 heteroatoms. The molecule has 4 fully saturated rings. The largest absolute Gasteiger partial charge is 0.213 e. The van der Waals surface area contributed by atoms with Gasteiger partial charge >= 0.3 is 0 Å². The van der Waals surface area contributed by atoms with E-state index >= 15 is 0 Å². The van der Waals surface area contributed by atoms with Gasteiger partial charge in [0, 0.05) is 21.1 Å². The van der Waals surface area contributed by atoms with Crippen LogP contribution in [0, 0.1) is 0 Å². The van der Waals surface area contributed by atoms with E-state index in [0.29, 0.717) is 0 Å². The van der Waals surface area contributed by atoms with Crippen LogP contribution in [-0.4, -0.2) is 77.1 Å². The number of rotatable bonds is 0. The van der Waals surface area contributed by atoms with Gasteiger partial charge in [0.25, 0.3) is 0 Å². The van der Waals surface area contributed by atoms with E-state index in [2.05, 4.69) is 52.5 Å². The average molecular weight is 217 g/mol. The Balaban J connectivity index is 2.02. The Bertz CT molecular complexity index is 255. The van der Waals surface area contributed by atoms with Crippen LogP contribution in [0.5, 0.6) is 0 Å². The van der Waals surface area contributed by atoms with E-state index in [1.807, 2.05) is 0 Å². The highest BCUT2D eigenvalue weighted by molar-refractivity contribution is 7.49. The maximum atomic E-state index is 2.49. The van der Waals surface area contributed by atoms with Gasteiger partial charge in [0.1, 0.15) is 0 Å². The zero-order valence-corrected chi connectivity index (χ0v) is 10.1. The summed E-state index contributed by atoms with van der Waals surface area (Å²) in [7, 11) is 8.63. The van der Waals surface area contributed by atoms with Crippen molar-refractivity contribution in [1.82, 2.24) is 24.4 Å². The molecule has 2 atom stereocenters. The second kappa shape index (κ2) is 2.65. The zero-order valence-electron chi connectivity index (χ0n) is 9.25. The molecule has 4 aliphatic heterocycles. The number of hydrogen-bond donors (Lipinski definition) is 0. The van der Waals surface area contributed by atoms with E-state index < -0.39 is 0 Å². The molecule has 0 aromatic heterocycles. The lowest BCUT2D eigenvalue weighted by molar-refractivity contribution is -1.03. The number of hydrogen-bond acceptors (Lipinski definition) is 5. The Morgan fingerprint density at radius 1 is 1.00 bits per heavy atom. The number of nitrogens with zero attached hydrogens (tertiary/aromatic N) is 6. The topological polar surface area (TPSA) is 16.2 Å². The fraction of sp³-hybridized carbons (Fsp3) is 1.00. The molecule has 4 saturated heterocycles. The first-order valence-corrected chi connectivity index (χ1v) is 6.09. The molecule has 0 amide bonds. The SMILES string of the molecule is CN1N2CN3C[N+](C)(C2)N(C)P1N3C. The molecular weight excluding hydrogens is 199 g/mol. The number of hydrazine groups is 2. The predicted octanol–water partition coefficient (Wildman–Crippen LogP) is -0.282. The monoisotopic (exact) mass is 217 g/mol. The van der Waals surface area contributed by atoms with Crippen LogP contribution in [0.3, 0.4) is 0 Å². The van der Waals surface area contributed by atoms with E-state index in [9.17, 15) is 0 Å². The van der Waals surface area contributed by atoms with Crippen LogP contribution in [0.4, 0.5) is 0 Å². The van der Waals surface area contributed by atoms with Gasteiger partial charge in [-0.05, 0) is 0 Å². The highest BCUT2D eigenvalue weighted by atomic mass is 31.2. The molecule has 0 saturated carbocycles. The smallest absolute Gasteiger partial charge is 0.201 e. The predicted molar refractivity (Wildman–Crippen MR) is 54.7 cm³/mol. The molecule has 80 valence electrons. The van der Waals surface area contributed by atoms with Gasteiger partial charge in [-0.2, -0.15) is 19.6 Å². The van der Waals surface area contributed by atoms with Gasteiger partial charge in [-0.25, -0.2) is 4.59 Å². The van der Waals surface area contributed by atoms with Crippen molar-refractivity contribution in [2.75, 3.05) is 48.2 Å². The van der Waals surface area contributed by atoms with Gasteiger partial charge in [0.05, 0.1) is 13.7 Å². The summed E-state index contributed by atoms with van der Waals surface area (Å²) in [5, 5.41) is 4.88. The fourth-order valence-electron chi connectivity index (χ4n) is 2.56. The minimum atomic E-state index is -0.320. The van der Waals surface area contributed by atoms with Crippen molar-refractivity contribution in [3.8, 4) is 0 Å². The summed E-state index contributed by atoms with van der Waals surface area (Å²) < 4.78 is 8.30. The summed E-state index contributed by atoms with van der Waals surface area (Å²) in [4.78, 5) is 0. The van der Waals surface area contributed by atoms with E-state index in [0.717, 1.165) is 24.6 Å². The first-order valence-electron chi connectivity index (χ1n) is 4.89. The minimum Gasteiger partial charge on any atom is -0.213 e. The van der Waals surface area contributed by atoms with Gasteiger partial charge in [0.2, 0.25) is 8.37 Å². The first-order chi connectivity index (χ1) is 6.53. The van der Waals surface area contributed by atoms with Crippen molar-refractivity contribution in [3.05, 3.63) is 0 Å². The summed E-state index contributed by atoms with van der Waals surface area (Å²) in [6.45, 7) is 3.26. The molecule has 0 N–H and O–H groups in total. The third kappa shape index (κ3) is 0.945. The summed E-state index contributed by atoms with van der Waals surface area (Å²) >= 11 is 0. The summed E-state index contributed by atoms with van der Waals surface area (Å²) in [6, 6.07) is 0. The molecule has 2 unspecified atom stereocenters. The third-order valence-corrected chi connectivity index (χ3v) is 6.05. The van der Waals surface area contributed by atoms with E-state index in [4.69, 9.17) is 0 Å². The van der Waals surface area contributed by atoms with Crippen LogP contribution in [0.15, 0.2) is 0 Å². The molecule has 0 aromatic rings. The Hall–Kier alpha value is 0.190. The van der Waals surface area contributed by atoms with Crippen LogP contribution < -0.4 is 0 Å². The molecule has 0 aliphatic carbocycles. The van der Waals surface area contributed by atoms with Gasteiger partial charge in [-0.1, -0.05) is 0 Å². The second-order valence-electron chi connectivity index (χ2n) is 4.51. The molecule has 0 aromatic carbocycles. The summed E-state index contributed by atoms with van der Waals surface area (Å²) in [6.07, 6.45) is 0. The Labute approximate surface area is 86.3 Å². The maximum absolute atomic E-state index is 2.49. The van der Waals surface area contributed by atoms with E-state index in [1.54, 1.807) is 0 Å². The molecule has 4 rings (SSSR count). The third-order valence-electron chi connectivity index (χ3n) is 3.56. The molecule has 6 nitrogen and oxygen atoms in total. The van der Waals surface area contributed by atoms with Crippen molar-refractivity contribution >= 4 is 8.37 Å². The van der Waals surface area contributed by atoms with E-state index in [1.165, 1.54) is 0 Å². The fourth-order valence-corrected chi connectivity index (χ4v) is 4.86. The summed E-state index contributed by atoms with van der Waals surface area (Å²) in [5.74, 6) is 0. The van der Waals surface area contributed by atoms with Crippen molar-refractivity contribution in [1.29, 1.82) is 0 Å². The molecule has 0 radical (unpaired) electrons. The first kappa shape index (κ1) is 9.42. The Kier molecular flexibility index (Phi) is 1.78. The van der Waals surface area contributed by atoms with Gasteiger partial charge in [-0.15, -0.1) is 4.78 Å². The highest BCUT2D eigenvalue weighted by Crippen LogP contribution is 2.57. The lowest BCUT2D eigenvalue weighted by atomic mass is 10.6. The van der Waals surface area contributed by atoms with Gasteiger partial charge in [0.15, 0.2) is 13.3 Å². The quantitative estimate of drug-likeness (QED) is 0.408. The van der Waals surface area contributed by atoms with Crippen molar-refractivity contribution < 1.29 is 4.59 Å². The molecule has 14 heavy (non-hydrogen) atoms. The maximum Gasteiger partial charge on any atom is 0.201 e. The summed E-state index contributed by atoms with van der Waals surface area (Å²) in [5.41, 5.74) is 0. The molecule has 4 bridgehead atoms. The van der Waals surface area contributed by atoms with Crippen molar-refractivity contribution in [2.45, 2.75) is 0 Å². The van der Waals surface area contributed by atoms with Crippen LogP contribution in [0.2, 0.25) is 0 Å². The standard InChI is InChI=1S/C7H18N6P/c1-8-11-5-12-7-13(4,6-11)10(3)14(8)9(12)2/h5-7H2,1-4H3/q+1. The Morgan fingerprint density at radius 2 is 1.50 bits per heavy atom. The number of quaternary nitrogens is 1. The normalized spacial score (nSPS) is 54.4. The lowest BCUT2D eigenvalue weighted by Crippen LogP contribution is -2.80. The lowest BCUT2D eigenvalue weighted by Gasteiger charge is -2.66. The van der Waals surface area contributed by atoms with Crippen molar-refractivity contribution in [3.63, 3.8) is 0 Å². The Morgan fingerprint density at radius 3 is 2.00 bits per heavy atom. The zero-order chi connectivity index (χ0) is 10.1. The van der Waals surface area contributed by atoms with Crippen LogP contribution >= 0.6 is 8.37 Å². The second-order valence-corrected chi connectivity index (χ2v) is 6.79. The molecule has 0 spiro atoms.